The van der Waals surface area contributed by atoms with Crippen LogP contribution in [0.3, 0.4) is 0 Å². The third-order valence-corrected chi connectivity index (χ3v) is 3.09. The van der Waals surface area contributed by atoms with E-state index in [9.17, 15) is 4.79 Å². The molecule has 0 amide bonds. The largest absolute Gasteiger partial charge is 0.461 e. The Morgan fingerprint density at radius 2 is 2.26 bits per heavy atom. The Hall–Kier alpha value is -1.86. The monoisotopic (exact) mass is 317 g/mol. The van der Waals surface area contributed by atoms with Gasteiger partial charge >= 0.3 is 5.97 Å². The number of nitrogens with zero attached hydrogens (tertiary/aromatic N) is 1. The van der Waals surface area contributed by atoms with Gasteiger partial charge in [-0.1, -0.05) is 22.0 Å². The maximum atomic E-state index is 12.0. The summed E-state index contributed by atoms with van der Waals surface area (Å²) in [6, 6.07) is 7.33. The Morgan fingerprint density at radius 1 is 1.47 bits per heavy atom. The van der Waals surface area contributed by atoms with Gasteiger partial charge in [0.1, 0.15) is 6.61 Å². The van der Waals surface area contributed by atoms with Crippen LogP contribution in [-0.2, 0) is 4.74 Å². The van der Waals surface area contributed by atoms with E-state index in [1.165, 1.54) is 0 Å². The lowest BCUT2D eigenvalue weighted by Crippen LogP contribution is -2.08. The zero-order valence-electron chi connectivity index (χ0n) is 10.4. The average Bonchev–Trinajstić information content (AvgIpc) is 2.37. The number of terminal acetylenes is 1. The molecule has 0 atom stereocenters. The molecule has 0 saturated heterocycles. The number of aromatic nitrogens is 1. The molecular weight excluding hydrogens is 306 g/mol. The second kappa shape index (κ2) is 5.85. The number of hydrogen-bond acceptors (Lipinski definition) is 3. The van der Waals surface area contributed by atoms with Crippen molar-refractivity contribution in [3.05, 3.63) is 40.0 Å². The van der Waals surface area contributed by atoms with E-state index in [2.05, 4.69) is 26.8 Å². The first-order valence-electron chi connectivity index (χ1n) is 5.79. The van der Waals surface area contributed by atoms with Crippen LogP contribution in [0.2, 0.25) is 0 Å². The van der Waals surface area contributed by atoms with Gasteiger partial charge in [0.05, 0.1) is 11.1 Å². The highest BCUT2D eigenvalue weighted by atomic mass is 79.9. The van der Waals surface area contributed by atoms with Gasteiger partial charge in [0.2, 0.25) is 0 Å². The van der Waals surface area contributed by atoms with Crippen LogP contribution in [0, 0.1) is 19.3 Å². The second-order valence-electron chi connectivity index (χ2n) is 4.06. The molecule has 4 heteroatoms. The average molecular weight is 318 g/mol. The molecule has 0 aliphatic rings. The van der Waals surface area contributed by atoms with Gasteiger partial charge in [-0.05, 0) is 25.1 Å². The molecule has 0 aliphatic carbocycles. The molecule has 1 heterocycles. The number of pyridine rings is 1. The normalized spacial score (nSPS) is 10.2. The lowest BCUT2D eigenvalue weighted by Gasteiger charge is -2.08. The van der Waals surface area contributed by atoms with Gasteiger partial charge in [-0.15, -0.1) is 12.3 Å². The first-order chi connectivity index (χ1) is 9.11. The molecule has 1 aromatic heterocycles. The molecule has 1 aromatic carbocycles. The van der Waals surface area contributed by atoms with Gasteiger partial charge in [-0.25, -0.2) is 4.79 Å². The zero-order valence-corrected chi connectivity index (χ0v) is 12.0. The standard InChI is InChI=1S/C15H12BrNO2/c1-3-4-7-19-15(18)13-8-10(2)17-14-9-11(16)5-6-12(13)14/h1,5-6,8-9H,4,7H2,2H3. The molecule has 0 saturated carbocycles. The first-order valence-corrected chi connectivity index (χ1v) is 6.58. The highest BCUT2D eigenvalue weighted by Gasteiger charge is 2.13. The molecule has 0 N–H and O–H groups in total. The van der Waals surface area contributed by atoms with Gasteiger partial charge in [0, 0.05) is 22.0 Å². The van der Waals surface area contributed by atoms with Crippen LogP contribution >= 0.6 is 15.9 Å². The summed E-state index contributed by atoms with van der Waals surface area (Å²) >= 11 is 3.39. The van der Waals surface area contributed by atoms with Crippen LogP contribution in [0.5, 0.6) is 0 Å². The van der Waals surface area contributed by atoms with E-state index in [1.807, 2.05) is 25.1 Å². The van der Waals surface area contributed by atoms with E-state index >= 15 is 0 Å². The van der Waals surface area contributed by atoms with Crippen LogP contribution < -0.4 is 0 Å². The third kappa shape index (κ3) is 3.12. The number of benzene rings is 1. The van der Waals surface area contributed by atoms with Crippen LogP contribution in [0.25, 0.3) is 10.9 Å². The lowest BCUT2D eigenvalue weighted by atomic mass is 10.1. The SMILES string of the molecule is C#CCCOC(=O)c1cc(C)nc2cc(Br)ccc12. The molecular formula is C15H12BrNO2. The number of fused-ring (bicyclic) bond motifs is 1. The molecule has 0 radical (unpaired) electrons. The van der Waals surface area contributed by atoms with Gasteiger partial charge < -0.3 is 4.74 Å². The quantitative estimate of drug-likeness (QED) is 0.494. The Kier molecular flexibility index (Phi) is 4.18. The zero-order chi connectivity index (χ0) is 13.8. The van der Waals surface area contributed by atoms with E-state index in [0.29, 0.717) is 12.0 Å². The number of halogens is 1. The number of carbonyl (C=O) groups excluding carboxylic acids is 1. The maximum absolute atomic E-state index is 12.0. The molecule has 96 valence electrons. The Bertz CT molecular complexity index is 668. The Balaban J connectivity index is 2.42. The van der Waals surface area contributed by atoms with Gasteiger partial charge in [-0.2, -0.15) is 0 Å². The Morgan fingerprint density at radius 3 is 3.00 bits per heavy atom. The Labute approximate surface area is 120 Å². The summed E-state index contributed by atoms with van der Waals surface area (Å²) in [6.07, 6.45) is 5.54. The van der Waals surface area contributed by atoms with Gasteiger partial charge in [0.15, 0.2) is 0 Å². The predicted octanol–water partition coefficient (Wildman–Crippen LogP) is 3.49. The molecule has 0 spiro atoms. The second-order valence-corrected chi connectivity index (χ2v) is 4.98. The van der Waals surface area contributed by atoms with Crippen molar-refractivity contribution in [2.24, 2.45) is 0 Å². The number of esters is 1. The summed E-state index contributed by atoms with van der Waals surface area (Å²) in [5.41, 5.74) is 2.06. The molecule has 2 aromatic rings. The van der Waals surface area contributed by atoms with E-state index in [4.69, 9.17) is 11.2 Å². The number of aryl methyl sites for hydroxylation is 1. The predicted molar refractivity (Wildman–Crippen MR) is 77.9 cm³/mol. The minimum Gasteiger partial charge on any atom is -0.461 e. The molecule has 0 fully saturated rings. The molecule has 19 heavy (non-hydrogen) atoms. The molecule has 0 aliphatic heterocycles. The van der Waals surface area contributed by atoms with Crippen molar-refractivity contribution in [2.45, 2.75) is 13.3 Å². The lowest BCUT2D eigenvalue weighted by molar-refractivity contribution is 0.0516. The highest BCUT2D eigenvalue weighted by molar-refractivity contribution is 9.10. The van der Waals surface area contributed by atoms with Crippen molar-refractivity contribution in [2.75, 3.05) is 6.61 Å². The number of rotatable bonds is 3. The van der Waals surface area contributed by atoms with Crippen LogP contribution in [0.1, 0.15) is 22.5 Å². The number of hydrogen-bond donors (Lipinski definition) is 0. The smallest absolute Gasteiger partial charge is 0.338 e. The van der Waals surface area contributed by atoms with Crippen molar-refractivity contribution in [3.63, 3.8) is 0 Å². The number of ether oxygens (including phenoxy) is 1. The van der Waals surface area contributed by atoms with Crippen LogP contribution in [0.4, 0.5) is 0 Å². The van der Waals surface area contributed by atoms with E-state index in [0.717, 1.165) is 21.1 Å². The highest BCUT2D eigenvalue weighted by Crippen LogP contribution is 2.23. The van der Waals surface area contributed by atoms with Crippen molar-refractivity contribution < 1.29 is 9.53 Å². The van der Waals surface area contributed by atoms with E-state index < -0.39 is 0 Å². The molecule has 0 unspecified atom stereocenters. The first kappa shape index (κ1) is 13.6. The van der Waals surface area contributed by atoms with Crippen molar-refractivity contribution in [1.82, 2.24) is 4.98 Å². The minimum absolute atomic E-state index is 0.231. The van der Waals surface area contributed by atoms with Gasteiger partial charge in [-0.3, -0.25) is 4.98 Å². The fourth-order valence-corrected chi connectivity index (χ4v) is 2.13. The van der Waals surface area contributed by atoms with E-state index in [1.54, 1.807) is 6.07 Å². The summed E-state index contributed by atoms with van der Waals surface area (Å²) in [6.45, 7) is 2.08. The topological polar surface area (TPSA) is 39.2 Å². The third-order valence-electron chi connectivity index (χ3n) is 2.60. The minimum atomic E-state index is -0.368. The summed E-state index contributed by atoms with van der Waals surface area (Å²) in [7, 11) is 0. The maximum Gasteiger partial charge on any atom is 0.338 e. The fourth-order valence-electron chi connectivity index (χ4n) is 1.78. The summed E-state index contributed by atoms with van der Waals surface area (Å²) in [5, 5.41) is 0.777. The van der Waals surface area contributed by atoms with Crippen molar-refractivity contribution in [3.8, 4) is 12.3 Å². The summed E-state index contributed by atoms with van der Waals surface area (Å²) < 4.78 is 6.06. The van der Waals surface area contributed by atoms with Crippen LogP contribution in [-0.4, -0.2) is 17.6 Å². The van der Waals surface area contributed by atoms with Crippen molar-refractivity contribution in [1.29, 1.82) is 0 Å². The molecule has 2 rings (SSSR count). The fraction of sp³-hybridized carbons (Fsp3) is 0.200. The number of carbonyl (C=O) groups is 1. The van der Waals surface area contributed by atoms with E-state index in [-0.39, 0.29) is 12.6 Å². The van der Waals surface area contributed by atoms with Crippen LogP contribution in [0.15, 0.2) is 28.7 Å². The summed E-state index contributed by atoms with van der Waals surface area (Å²) in [5.74, 6) is 2.07. The van der Waals surface area contributed by atoms with Gasteiger partial charge in [0.25, 0.3) is 0 Å². The molecule has 3 nitrogen and oxygen atoms in total. The van der Waals surface area contributed by atoms with Crippen molar-refractivity contribution >= 4 is 32.8 Å². The summed E-state index contributed by atoms with van der Waals surface area (Å²) in [4.78, 5) is 16.4. The molecule has 0 bridgehead atoms.